The largest absolute Gasteiger partial charge is 0.462 e. The van der Waals surface area contributed by atoms with E-state index in [9.17, 15) is 10.1 Å². The predicted octanol–water partition coefficient (Wildman–Crippen LogP) is 3.63. The topological polar surface area (TPSA) is 66.0 Å². The molecule has 0 spiro atoms. The Labute approximate surface area is 130 Å². The maximum atomic E-state index is 12.2. The fourth-order valence-corrected chi connectivity index (χ4v) is 2.05. The van der Waals surface area contributed by atoms with Crippen molar-refractivity contribution in [3.63, 3.8) is 0 Å². The molecule has 4 nitrogen and oxygen atoms in total. The average molecular weight is 294 g/mol. The highest BCUT2D eigenvalue weighted by Crippen LogP contribution is 2.15. The summed E-state index contributed by atoms with van der Waals surface area (Å²) in [5.74, 6) is 0.922. The minimum atomic E-state index is -0.409. The summed E-state index contributed by atoms with van der Waals surface area (Å²) in [6.07, 6.45) is 2.24. The minimum Gasteiger partial charge on any atom is -0.462 e. The molecular formula is C18H18N2O2. The minimum absolute atomic E-state index is 0.0276. The molecule has 1 unspecified atom stereocenters. The summed E-state index contributed by atoms with van der Waals surface area (Å²) in [4.78, 5) is 12.2. The van der Waals surface area contributed by atoms with Gasteiger partial charge in [0.2, 0.25) is 0 Å². The highest BCUT2D eigenvalue weighted by atomic mass is 16.3. The summed E-state index contributed by atoms with van der Waals surface area (Å²) < 4.78 is 5.50. The Morgan fingerprint density at radius 3 is 2.64 bits per heavy atom. The van der Waals surface area contributed by atoms with E-state index < -0.39 is 5.91 Å². The number of benzene rings is 1. The molecule has 0 bridgehead atoms. The number of nitrogens with one attached hydrogen (secondary N) is 1. The van der Waals surface area contributed by atoms with Gasteiger partial charge in [-0.2, -0.15) is 5.26 Å². The van der Waals surface area contributed by atoms with Gasteiger partial charge in [0.05, 0.1) is 6.04 Å². The standard InChI is InChI=1S/C18H18N2O2/c1-3-16-9-10-17(22-16)11-15(12-19)18(21)20-13(2)14-7-5-4-6-8-14/h4-11,13H,3H2,1-2H3,(H,20,21)/b15-11+. The van der Waals surface area contributed by atoms with E-state index in [1.165, 1.54) is 6.08 Å². The van der Waals surface area contributed by atoms with Crippen LogP contribution < -0.4 is 5.32 Å². The number of rotatable bonds is 5. The van der Waals surface area contributed by atoms with E-state index in [1.807, 2.05) is 56.3 Å². The van der Waals surface area contributed by atoms with Gasteiger partial charge in [0.15, 0.2) is 0 Å². The third-order valence-electron chi connectivity index (χ3n) is 3.33. The molecule has 112 valence electrons. The van der Waals surface area contributed by atoms with E-state index in [2.05, 4.69) is 5.32 Å². The van der Waals surface area contributed by atoms with Crippen LogP contribution in [-0.4, -0.2) is 5.91 Å². The van der Waals surface area contributed by atoms with Crippen molar-refractivity contribution >= 4 is 12.0 Å². The van der Waals surface area contributed by atoms with Crippen LogP contribution in [0.3, 0.4) is 0 Å². The van der Waals surface area contributed by atoms with E-state index >= 15 is 0 Å². The second-order valence-corrected chi connectivity index (χ2v) is 4.93. The first kappa shape index (κ1) is 15.6. The van der Waals surface area contributed by atoms with Crippen molar-refractivity contribution in [2.45, 2.75) is 26.3 Å². The lowest BCUT2D eigenvalue weighted by Crippen LogP contribution is -2.27. The number of furan rings is 1. The first-order valence-electron chi connectivity index (χ1n) is 7.20. The van der Waals surface area contributed by atoms with Crippen LogP contribution in [0.4, 0.5) is 0 Å². The molecule has 1 N–H and O–H groups in total. The monoisotopic (exact) mass is 294 g/mol. The van der Waals surface area contributed by atoms with Crippen molar-refractivity contribution < 1.29 is 9.21 Å². The van der Waals surface area contributed by atoms with E-state index in [0.29, 0.717) is 5.76 Å². The van der Waals surface area contributed by atoms with Crippen LogP contribution in [0.15, 0.2) is 52.5 Å². The Morgan fingerprint density at radius 1 is 1.32 bits per heavy atom. The van der Waals surface area contributed by atoms with Gasteiger partial charge in [0.25, 0.3) is 5.91 Å². The van der Waals surface area contributed by atoms with Crippen LogP contribution in [-0.2, 0) is 11.2 Å². The van der Waals surface area contributed by atoms with Crippen molar-refractivity contribution in [2.24, 2.45) is 0 Å². The predicted molar refractivity (Wildman–Crippen MR) is 84.7 cm³/mol. The third kappa shape index (κ3) is 3.86. The SMILES string of the molecule is CCc1ccc(/C=C(\C#N)C(=O)NC(C)c2ccccc2)o1. The zero-order chi connectivity index (χ0) is 15.9. The van der Waals surface area contributed by atoms with E-state index in [-0.39, 0.29) is 11.6 Å². The van der Waals surface area contributed by atoms with Gasteiger partial charge in [0, 0.05) is 12.5 Å². The number of carbonyl (C=O) groups excluding carboxylic acids is 1. The summed E-state index contributed by atoms with van der Waals surface area (Å²) in [5, 5.41) is 12.0. The molecule has 1 amide bonds. The molecule has 0 aliphatic carbocycles. The normalized spacial score (nSPS) is 12.5. The molecule has 2 aromatic rings. The quantitative estimate of drug-likeness (QED) is 0.676. The molecule has 0 saturated heterocycles. The van der Waals surface area contributed by atoms with Gasteiger partial charge in [-0.1, -0.05) is 37.3 Å². The van der Waals surface area contributed by atoms with Gasteiger partial charge in [-0.3, -0.25) is 4.79 Å². The molecule has 1 heterocycles. The van der Waals surface area contributed by atoms with Crippen molar-refractivity contribution in [3.8, 4) is 6.07 Å². The number of hydrogen-bond donors (Lipinski definition) is 1. The zero-order valence-corrected chi connectivity index (χ0v) is 12.7. The van der Waals surface area contributed by atoms with E-state index in [1.54, 1.807) is 6.07 Å². The molecule has 0 aliphatic rings. The first-order valence-corrected chi connectivity index (χ1v) is 7.20. The molecule has 0 aliphatic heterocycles. The maximum absolute atomic E-state index is 12.2. The Balaban J connectivity index is 2.11. The smallest absolute Gasteiger partial charge is 0.262 e. The lowest BCUT2D eigenvalue weighted by molar-refractivity contribution is -0.117. The lowest BCUT2D eigenvalue weighted by Gasteiger charge is -2.13. The first-order chi connectivity index (χ1) is 10.6. The molecule has 2 rings (SSSR count). The summed E-state index contributed by atoms with van der Waals surface area (Å²) in [6.45, 7) is 3.86. The van der Waals surface area contributed by atoms with Gasteiger partial charge < -0.3 is 9.73 Å². The van der Waals surface area contributed by atoms with Crippen molar-refractivity contribution in [1.29, 1.82) is 5.26 Å². The number of hydrogen-bond acceptors (Lipinski definition) is 3. The number of nitrogens with zero attached hydrogens (tertiary/aromatic N) is 1. The number of amides is 1. The molecule has 4 heteroatoms. The third-order valence-corrected chi connectivity index (χ3v) is 3.33. The van der Waals surface area contributed by atoms with Crippen LogP contribution in [0.5, 0.6) is 0 Å². The van der Waals surface area contributed by atoms with E-state index in [4.69, 9.17) is 4.42 Å². The van der Waals surface area contributed by atoms with Crippen LogP contribution in [0.2, 0.25) is 0 Å². The molecule has 0 radical (unpaired) electrons. The van der Waals surface area contributed by atoms with Gasteiger partial charge >= 0.3 is 0 Å². The van der Waals surface area contributed by atoms with Crippen molar-refractivity contribution in [2.75, 3.05) is 0 Å². The maximum Gasteiger partial charge on any atom is 0.262 e. The molecule has 1 aromatic heterocycles. The highest BCUT2D eigenvalue weighted by Gasteiger charge is 2.14. The Morgan fingerprint density at radius 2 is 2.05 bits per heavy atom. The lowest BCUT2D eigenvalue weighted by atomic mass is 10.1. The molecular weight excluding hydrogens is 276 g/mol. The van der Waals surface area contributed by atoms with Crippen LogP contribution in [0.25, 0.3) is 6.08 Å². The number of carbonyl (C=O) groups is 1. The molecule has 0 fully saturated rings. The van der Waals surface area contributed by atoms with E-state index in [0.717, 1.165) is 17.7 Å². The Kier molecular flexibility index (Phi) is 5.16. The van der Waals surface area contributed by atoms with Gasteiger partial charge in [0.1, 0.15) is 23.2 Å². The Hall–Kier alpha value is -2.80. The molecule has 1 aromatic carbocycles. The van der Waals surface area contributed by atoms with Crippen LogP contribution >= 0.6 is 0 Å². The summed E-state index contributed by atoms with van der Waals surface area (Å²) in [7, 11) is 0. The number of nitriles is 1. The Bertz CT molecular complexity index is 708. The van der Waals surface area contributed by atoms with Gasteiger partial charge in [-0.15, -0.1) is 0 Å². The van der Waals surface area contributed by atoms with Crippen LogP contribution in [0.1, 0.15) is 37.0 Å². The fraction of sp³-hybridized carbons (Fsp3) is 0.222. The highest BCUT2D eigenvalue weighted by molar-refractivity contribution is 6.01. The second-order valence-electron chi connectivity index (χ2n) is 4.93. The average Bonchev–Trinajstić information content (AvgIpc) is 3.01. The summed E-state index contributed by atoms with van der Waals surface area (Å²) in [5.41, 5.74) is 1.01. The van der Waals surface area contributed by atoms with Gasteiger partial charge in [-0.25, -0.2) is 0 Å². The van der Waals surface area contributed by atoms with Crippen molar-refractivity contribution in [3.05, 3.63) is 65.1 Å². The molecule has 1 atom stereocenters. The van der Waals surface area contributed by atoms with Crippen LogP contribution in [0, 0.1) is 11.3 Å². The molecule has 0 saturated carbocycles. The number of aryl methyl sites for hydroxylation is 1. The zero-order valence-electron chi connectivity index (χ0n) is 12.7. The molecule has 22 heavy (non-hydrogen) atoms. The summed E-state index contributed by atoms with van der Waals surface area (Å²) >= 11 is 0. The second kappa shape index (κ2) is 7.28. The van der Waals surface area contributed by atoms with Gasteiger partial charge in [-0.05, 0) is 24.6 Å². The fourth-order valence-electron chi connectivity index (χ4n) is 2.05. The van der Waals surface area contributed by atoms with Crippen molar-refractivity contribution in [1.82, 2.24) is 5.32 Å². The summed E-state index contributed by atoms with van der Waals surface area (Å²) in [6, 6.07) is 14.9.